The summed E-state index contributed by atoms with van der Waals surface area (Å²) in [6, 6.07) is 5.73. The fraction of sp³-hybridized carbons (Fsp3) is 0.500. The molecule has 3 rings (SSSR count). The van der Waals surface area contributed by atoms with E-state index in [9.17, 15) is 0 Å². The van der Waals surface area contributed by atoms with Crippen molar-refractivity contribution in [2.75, 3.05) is 38.6 Å². The van der Waals surface area contributed by atoms with Gasteiger partial charge in [0.1, 0.15) is 0 Å². The third-order valence-electron chi connectivity index (χ3n) is 3.69. The number of aryl methyl sites for hydroxylation is 1. The fourth-order valence-electron chi connectivity index (χ4n) is 2.62. The molecule has 108 valence electrons. The molecule has 0 unspecified atom stereocenters. The van der Waals surface area contributed by atoms with E-state index in [1.807, 2.05) is 22.9 Å². The maximum absolute atomic E-state index is 5.99. The second kappa shape index (κ2) is 5.99. The Morgan fingerprint density at radius 3 is 2.85 bits per heavy atom. The summed E-state index contributed by atoms with van der Waals surface area (Å²) in [5, 5.41) is 6.03. The van der Waals surface area contributed by atoms with Crippen molar-refractivity contribution in [3.63, 3.8) is 0 Å². The molecule has 0 bridgehead atoms. The molecule has 2 heterocycles. The maximum Gasteiger partial charge on any atom is 0.153 e. The molecule has 0 spiro atoms. The van der Waals surface area contributed by atoms with Crippen molar-refractivity contribution in [3.8, 4) is 0 Å². The number of nitrogens with two attached hydrogens (primary N) is 1. The molecule has 0 amide bonds. The molecule has 0 atom stereocenters. The first-order valence-corrected chi connectivity index (χ1v) is 7.33. The minimum absolute atomic E-state index is 0.550. The largest absolute Gasteiger partial charge is 0.382 e. The van der Waals surface area contributed by atoms with Crippen molar-refractivity contribution in [1.29, 1.82) is 0 Å². The van der Waals surface area contributed by atoms with Gasteiger partial charge in [-0.2, -0.15) is 5.10 Å². The second-order valence-electron chi connectivity index (χ2n) is 5.08. The summed E-state index contributed by atoms with van der Waals surface area (Å²) < 4.78 is 7.32. The van der Waals surface area contributed by atoms with E-state index in [0.717, 1.165) is 56.7 Å². The predicted molar refractivity (Wildman–Crippen MR) is 81.0 cm³/mol. The molecule has 5 nitrogen and oxygen atoms in total. The molecule has 1 aromatic heterocycles. The lowest BCUT2D eigenvalue weighted by Gasteiger charge is -2.26. The molecule has 0 radical (unpaired) electrons. The highest BCUT2D eigenvalue weighted by Gasteiger charge is 2.11. The van der Waals surface area contributed by atoms with Crippen molar-refractivity contribution >= 4 is 28.3 Å². The molecule has 1 aliphatic rings. The Morgan fingerprint density at radius 2 is 2.05 bits per heavy atom. The van der Waals surface area contributed by atoms with Gasteiger partial charge in [-0.3, -0.25) is 9.58 Å². The van der Waals surface area contributed by atoms with Crippen LogP contribution in [0.4, 0.5) is 5.82 Å². The Balaban J connectivity index is 1.65. The number of anilines is 1. The zero-order valence-corrected chi connectivity index (χ0v) is 12.1. The average Bonchev–Trinajstić information content (AvgIpc) is 2.76. The lowest BCUT2D eigenvalue weighted by atomic mass is 10.2. The Bertz CT molecular complexity index is 592. The van der Waals surface area contributed by atoms with Gasteiger partial charge in [0.2, 0.25) is 0 Å². The number of rotatable bonds is 4. The molecule has 1 fully saturated rings. The van der Waals surface area contributed by atoms with E-state index in [-0.39, 0.29) is 0 Å². The van der Waals surface area contributed by atoms with Crippen LogP contribution < -0.4 is 5.73 Å². The van der Waals surface area contributed by atoms with Gasteiger partial charge in [0.05, 0.1) is 18.7 Å². The van der Waals surface area contributed by atoms with Crippen LogP contribution in [0, 0.1) is 0 Å². The summed E-state index contributed by atoms with van der Waals surface area (Å²) in [7, 11) is 0. The number of ether oxygens (including phenoxy) is 1. The van der Waals surface area contributed by atoms with Gasteiger partial charge in [-0.1, -0.05) is 11.6 Å². The molecular formula is C14H19ClN4O. The first-order valence-electron chi connectivity index (χ1n) is 6.96. The third-order valence-corrected chi connectivity index (χ3v) is 3.92. The summed E-state index contributed by atoms with van der Waals surface area (Å²) in [5.41, 5.74) is 6.99. The van der Waals surface area contributed by atoms with Crippen molar-refractivity contribution < 1.29 is 4.74 Å². The molecular weight excluding hydrogens is 276 g/mol. The molecule has 0 saturated carbocycles. The molecule has 2 N–H and O–H groups in total. The summed E-state index contributed by atoms with van der Waals surface area (Å²) in [6.07, 6.45) is 1.05. The normalized spacial score (nSPS) is 16.9. The minimum atomic E-state index is 0.550. The summed E-state index contributed by atoms with van der Waals surface area (Å²) in [5.74, 6) is 0.550. The van der Waals surface area contributed by atoms with E-state index >= 15 is 0 Å². The number of halogens is 1. The van der Waals surface area contributed by atoms with Crippen molar-refractivity contribution in [1.82, 2.24) is 14.7 Å². The Kier molecular flexibility index (Phi) is 4.10. The summed E-state index contributed by atoms with van der Waals surface area (Å²) in [6.45, 7) is 5.67. The molecule has 0 aliphatic carbocycles. The van der Waals surface area contributed by atoms with E-state index in [2.05, 4.69) is 10.00 Å². The van der Waals surface area contributed by atoms with Gasteiger partial charge in [0.15, 0.2) is 5.82 Å². The Hall–Kier alpha value is -1.30. The van der Waals surface area contributed by atoms with Gasteiger partial charge >= 0.3 is 0 Å². The van der Waals surface area contributed by atoms with Crippen LogP contribution in [0.15, 0.2) is 18.2 Å². The SMILES string of the molecule is Nc1nn(CCCN2CCOCC2)c2ccc(Cl)cc12. The van der Waals surface area contributed by atoms with Crippen LogP contribution in [-0.2, 0) is 11.3 Å². The molecule has 6 heteroatoms. The lowest BCUT2D eigenvalue weighted by Crippen LogP contribution is -2.37. The summed E-state index contributed by atoms with van der Waals surface area (Å²) in [4.78, 5) is 2.43. The van der Waals surface area contributed by atoms with Crippen LogP contribution in [-0.4, -0.2) is 47.5 Å². The maximum atomic E-state index is 5.99. The van der Waals surface area contributed by atoms with E-state index in [1.54, 1.807) is 0 Å². The second-order valence-corrected chi connectivity index (χ2v) is 5.51. The van der Waals surface area contributed by atoms with Gasteiger partial charge < -0.3 is 10.5 Å². The van der Waals surface area contributed by atoms with Gasteiger partial charge in [-0.05, 0) is 24.6 Å². The van der Waals surface area contributed by atoms with E-state index in [1.165, 1.54) is 0 Å². The standard InChI is InChI=1S/C14H19ClN4O/c15-11-2-3-13-12(10-11)14(16)17-19(13)5-1-4-18-6-8-20-9-7-18/h2-3,10H,1,4-9H2,(H2,16,17). The van der Waals surface area contributed by atoms with E-state index in [4.69, 9.17) is 22.1 Å². The highest BCUT2D eigenvalue weighted by Crippen LogP contribution is 2.24. The van der Waals surface area contributed by atoms with Gasteiger partial charge in [-0.25, -0.2) is 0 Å². The zero-order valence-electron chi connectivity index (χ0n) is 11.4. The van der Waals surface area contributed by atoms with Crippen LogP contribution in [0.5, 0.6) is 0 Å². The monoisotopic (exact) mass is 294 g/mol. The van der Waals surface area contributed by atoms with Crippen molar-refractivity contribution in [2.45, 2.75) is 13.0 Å². The Morgan fingerprint density at radius 1 is 1.25 bits per heavy atom. The zero-order chi connectivity index (χ0) is 13.9. The first kappa shape index (κ1) is 13.7. The molecule has 1 aromatic carbocycles. The highest BCUT2D eigenvalue weighted by atomic mass is 35.5. The highest BCUT2D eigenvalue weighted by molar-refractivity contribution is 6.31. The number of hydrogen-bond acceptors (Lipinski definition) is 4. The number of aromatic nitrogens is 2. The number of hydrogen-bond donors (Lipinski definition) is 1. The van der Waals surface area contributed by atoms with Crippen LogP contribution >= 0.6 is 11.6 Å². The predicted octanol–water partition coefficient (Wildman–Crippen LogP) is 1.99. The topological polar surface area (TPSA) is 56.3 Å². The third kappa shape index (κ3) is 2.90. The number of nitrogens with zero attached hydrogens (tertiary/aromatic N) is 3. The Labute approximate surface area is 123 Å². The number of morpholine rings is 1. The average molecular weight is 295 g/mol. The molecule has 20 heavy (non-hydrogen) atoms. The number of benzene rings is 1. The number of nitrogen functional groups attached to an aromatic ring is 1. The van der Waals surface area contributed by atoms with Crippen LogP contribution in [0.3, 0.4) is 0 Å². The van der Waals surface area contributed by atoms with Crippen LogP contribution in [0.2, 0.25) is 5.02 Å². The van der Waals surface area contributed by atoms with E-state index < -0.39 is 0 Å². The van der Waals surface area contributed by atoms with E-state index in [0.29, 0.717) is 10.8 Å². The minimum Gasteiger partial charge on any atom is -0.382 e. The lowest BCUT2D eigenvalue weighted by molar-refractivity contribution is 0.0368. The van der Waals surface area contributed by atoms with Gasteiger partial charge in [0.25, 0.3) is 0 Å². The van der Waals surface area contributed by atoms with Crippen molar-refractivity contribution in [3.05, 3.63) is 23.2 Å². The summed E-state index contributed by atoms with van der Waals surface area (Å²) >= 11 is 5.99. The first-order chi connectivity index (χ1) is 9.74. The van der Waals surface area contributed by atoms with Gasteiger partial charge in [-0.15, -0.1) is 0 Å². The quantitative estimate of drug-likeness (QED) is 0.937. The molecule has 1 saturated heterocycles. The van der Waals surface area contributed by atoms with Crippen molar-refractivity contribution in [2.24, 2.45) is 0 Å². The fourth-order valence-corrected chi connectivity index (χ4v) is 2.79. The number of fused-ring (bicyclic) bond motifs is 1. The van der Waals surface area contributed by atoms with Crippen LogP contribution in [0.25, 0.3) is 10.9 Å². The molecule has 1 aliphatic heterocycles. The smallest absolute Gasteiger partial charge is 0.153 e. The molecule has 2 aromatic rings. The van der Waals surface area contributed by atoms with Gasteiger partial charge in [0, 0.05) is 36.6 Å². The van der Waals surface area contributed by atoms with Crippen LogP contribution in [0.1, 0.15) is 6.42 Å².